The molecule has 1 amide bonds. The van der Waals surface area contributed by atoms with Crippen LogP contribution in [0.15, 0.2) is 24.5 Å². The Morgan fingerprint density at radius 1 is 1.23 bits per heavy atom. The molecule has 2 aromatic rings. The standard InChI is InChI=1S/C19H23N3O4/c1-12-4-7-22-11-14(20-17(22)10-12)18(23)21-8-5-13(6-9-21)15-2-3-16(26-15)19(24)25/h4,7,10-11,13,15-16H,2-3,5-6,8-9H2,1H3,(H,24,25)/t15-,16+/m0/s1. The van der Waals surface area contributed by atoms with Crippen LogP contribution in [0.1, 0.15) is 41.7 Å². The van der Waals surface area contributed by atoms with Gasteiger partial charge in [0.25, 0.3) is 5.91 Å². The summed E-state index contributed by atoms with van der Waals surface area (Å²) in [7, 11) is 0. The number of carboxylic acid groups (broad SMARTS) is 1. The Morgan fingerprint density at radius 3 is 2.69 bits per heavy atom. The van der Waals surface area contributed by atoms with Crippen LogP contribution in [-0.4, -0.2) is 56.6 Å². The molecule has 4 heterocycles. The van der Waals surface area contributed by atoms with E-state index in [-0.39, 0.29) is 12.0 Å². The number of aliphatic carboxylic acids is 1. The van der Waals surface area contributed by atoms with Crippen molar-refractivity contribution in [2.75, 3.05) is 13.1 Å². The summed E-state index contributed by atoms with van der Waals surface area (Å²) in [5, 5.41) is 9.06. The van der Waals surface area contributed by atoms with Crippen LogP contribution in [0.2, 0.25) is 0 Å². The van der Waals surface area contributed by atoms with Gasteiger partial charge < -0.3 is 19.1 Å². The number of fused-ring (bicyclic) bond motifs is 1. The van der Waals surface area contributed by atoms with E-state index in [2.05, 4.69) is 4.98 Å². The third-order valence-corrected chi connectivity index (χ3v) is 5.52. The van der Waals surface area contributed by atoms with E-state index < -0.39 is 12.1 Å². The Balaban J connectivity index is 1.38. The highest BCUT2D eigenvalue weighted by Gasteiger charge is 2.37. The molecule has 0 radical (unpaired) electrons. The molecule has 2 aliphatic rings. The van der Waals surface area contributed by atoms with Gasteiger partial charge in [-0.2, -0.15) is 0 Å². The lowest BCUT2D eigenvalue weighted by Gasteiger charge is -2.34. The third kappa shape index (κ3) is 3.19. The molecule has 2 atom stereocenters. The number of rotatable bonds is 3. The second-order valence-electron chi connectivity index (χ2n) is 7.30. The van der Waals surface area contributed by atoms with Crippen molar-refractivity contribution >= 4 is 17.5 Å². The number of piperidine rings is 1. The summed E-state index contributed by atoms with van der Waals surface area (Å²) in [4.78, 5) is 30.1. The SMILES string of the molecule is Cc1ccn2cc(C(=O)N3CCC([C@@H]4CC[C@H](C(=O)O)O4)CC3)nc2c1. The summed E-state index contributed by atoms with van der Waals surface area (Å²) in [5.74, 6) is -0.588. The summed E-state index contributed by atoms with van der Waals surface area (Å²) in [6.45, 7) is 3.32. The number of imidazole rings is 1. The van der Waals surface area contributed by atoms with E-state index in [0.717, 1.165) is 30.5 Å². The second kappa shape index (κ2) is 6.72. The molecular weight excluding hydrogens is 334 g/mol. The van der Waals surface area contributed by atoms with Gasteiger partial charge in [0.15, 0.2) is 6.10 Å². The van der Waals surface area contributed by atoms with Crippen LogP contribution in [-0.2, 0) is 9.53 Å². The minimum Gasteiger partial charge on any atom is -0.479 e. The number of ether oxygens (including phenoxy) is 1. The van der Waals surface area contributed by atoms with Gasteiger partial charge in [-0.1, -0.05) is 0 Å². The molecule has 0 saturated carbocycles. The van der Waals surface area contributed by atoms with Crippen LogP contribution in [0.3, 0.4) is 0 Å². The number of carbonyl (C=O) groups excluding carboxylic acids is 1. The topological polar surface area (TPSA) is 84.1 Å². The number of amides is 1. The van der Waals surface area contributed by atoms with E-state index >= 15 is 0 Å². The largest absolute Gasteiger partial charge is 0.479 e. The number of nitrogens with zero attached hydrogens (tertiary/aromatic N) is 3. The molecule has 2 aliphatic heterocycles. The Hall–Kier alpha value is -2.41. The van der Waals surface area contributed by atoms with Crippen LogP contribution in [0.5, 0.6) is 0 Å². The van der Waals surface area contributed by atoms with Crippen LogP contribution in [0.25, 0.3) is 5.65 Å². The fourth-order valence-electron chi connectivity index (χ4n) is 4.01. The minimum absolute atomic E-state index is 0.00604. The number of pyridine rings is 1. The van der Waals surface area contributed by atoms with Crippen molar-refractivity contribution in [3.63, 3.8) is 0 Å². The minimum atomic E-state index is -0.873. The number of aromatic nitrogens is 2. The van der Waals surface area contributed by atoms with E-state index in [4.69, 9.17) is 9.84 Å². The van der Waals surface area contributed by atoms with Crippen molar-refractivity contribution in [1.82, 2.24) is 14.3 Å². The highest BCUT2D eigenvalue weighted by molar-refractivity contribution is 5.93. The van der Waals surface area contributed by atoms with E-state index in [1.165, 1.54) is 0 Å². The Morgan fingerprint density at radius 2 is 2.00 bits per heavy atom. The number of carbonyl (C=O) groups is 2. The Labute approximate surface area is 151 Å². The van der Waals surface area contributed by atoms with E-state index in [1.54, 1.807) is 6.20 Å². The first-order valence-corrected chi connectivity index (χ1v) is 9.14. The molecule has 2 aromatic heterocycles. The Bertz CT molecular complexity index is 838. The average Bonchev–Trinajstić information content (AvgIpc) is 3.28. The zero-order valence-corrected chi connectivity index (χ0v) is 14.8. The molecule has 0 unspecified atom stereocenters. The maximum absolute atomic E-state index is 12.8. The molecule has 1 N–H and O–H groups in total. The smallest absolute Gasteiger partial charge is 0.332 e. The molecule has 0 aliphatic carbocycles. The van der Waals surface area contributed by atoms with Crippen molar-refractivity contribution in [2.24, 2.45) is 5.92 Å². The average molecular weight is 357 g/mol. The van der Waals surface area contributed by atoms with Crippen molar-refractivity contribution < 1.29 is 19.4 Å². The lowest BCUT2D eigenvalue weighted by Crippen LogP contribution is -2.41. The number of likely N-dealkylation sites (tertiary alicyclic amines) is 1. The van der Waals surface area contributed by atoms with Gasteiger partial charge in [-0.15, -0.1) is 0 Å². The normalized spacial score (nSPS) is 24.3. The fraction of sp³-hybridized carbons (Fsp3) is 0.526. The van der Waals surface area contributed by atoms with Crippen LogP contribution < -0.4 is 0 Å². The van der Waals surface area contributed by atoms with Gasteiger partial charge in [0.1, 0.15) is 11.3 Å². The monoisotopic (exact) mass is 357 g/mol. The lowest BCUT2D eigenvalue weighted by molar-refractivity contribution is -0.150. The van der Waals surface area contributed by atoms with Gasteiger partial charge in [0.2, 0.25) is 0 Å². The summed E-state index contributed by atoms with van der Waals surface area (Å²) in [5.41, 5.74) is 2.36. The van der Waals surface area contributed by atoms with Crippen molar-refractivity contribution in [1.29, 1.82) is 0 Å². The van der Waals surface area contributed by atoms with E-state index in [1.807, 2.05) is 34.6 Å². The number of hydrogen-bond donors (Lipinski definition) is 1. The van der Waals surface area contributed by atoms with Crippen LogP contribution in [0, 0.1) is 12.8 Å². The third-order valence-electron chi connectivity index (χ3n) is 5.52. The maximum atomic E-state index is 12.8. The zero-order valence-electron chi connectivity index (χ0n) is 14.8. The van der Waals surface area contributed by atoms with Crippen molar-refractivity contribution in [3.05, 3.63) is 35.8 Å². The van der Waals surface area contributed by atoms with E-state index in [0.29, 0.717) is 31.1 Å². The molecule has 7 heteroatoms. The molecule has 26 heavy (non-hydrogen) atoms. The predicted octanol–water partition coefficient (Wildman–Crippen LogP) is 2.13. The second-order valence-corrected chi connectivity index (χ2v) is 7.30. The predicted molar refractivity (Wildman–Crippen MR) is 94.1 cm³/mol. The fourth-order valence-corrected chi connectivity index (χ4v) is 4.01. The van der Waals surface area contributed by atoms with Gasteiger partial charge in [0, 0.05) is 25.5 Å². The molecular formula is C19H23N3O4. The number of carboxylic acids is 1. The lowest BCUT2D eigenvalue weighted by atomic mass is 9.89. The first-order chi connectivity index (χ1) is 12.5. The van der Waals surface area contributed by atoms with Crippen LogP contribution >= 0.6 is 0 Å². The number of hydrogen-bond acceptors (Lipinski definition) is 4. The highest BCUT2D eigenvalue weighted by Crippen LogP contribution is 2.32. The zero-order chi connectivity index (χ0) is 18.3. The van der Waals surface area contributed by atoms with Gasteiger partial charge in [-0.25, -0.2) is 9.78 Å². The molecule has 2 saturated heterocycles. The summed E-state index contributed by atoms with van der Waals surface area (Å²) in [6.07, 6.45) is 6.09. The summed E-state index contributed by atoms with van der Waals surface area (Å²) in [6, 6.07) is 3.94. The quantitative estimate of drug-likeness (QED) is 0.910. The Kier molecular flexibility index (Phi) is 4.40. The summed E-state index contributed by atoms with van der Waals surface area (Å²) >= 11 is 0. The van der Waals surface area contributed by atoms with E-state index in [9.17, 15) is 9.59 Å². The molecule has 0 aromatic carbocycles. The molecule has 2 fully saturated rings. The molecule has 0 spiro atoms. The van der Waals surface area contributed by atoms with Crippen LogP contribution in [0.4, 0.5) is 0 Å². The summed E-state index contributed by atoms with van der Waals surface area (Å²) < 4.78 is 7.54. The molecule has 0 bridgehead atoms. The molecule has 7 nitrogen and oxygen atoms in total. The first kappa shape index (κ1) is 17.0. The van der Waals surface area contributed by atoms with Gasteiger partial charge in [-0.3, -0.25) is 4.79 Å². The highest BCUT2D eigenvalue weighted by atomic mass is 16.5. The van der Waals surface area contributed by atoms with Gasteiger partial charge in [-0.05, 0) is 56.2 Å². The first-order valence-electron chi connectivity index (χ1n) is 9.14. The van der Waals surface area contributed by atoms with Gasteiger partial charge >= 0.3 is 5.97 Å². The molecule has 4 rings (SSSR count). The maximum Gasteiger partial charge on any atom is 0.332 e. The van der Waals surface area contributed by atoms with Gasteiger partial charge in [0.05, 0.1) is 6.10 Å². The number of aryl methyl sites for hydroxylation is 1. The van der Waals surface area contributed by atoms with Crippen molar-refractivity contribution in [2.45, 2.75) is 44.8 Å². The van der Waals surface area contributed by atoms with Crippen molar-refractivity contribution in [3.8, 4) is 0 Å². The molecule has 138 valence electrons.